The molecular weight excluding hydrogens is 272 g/mol. The number of nitrogens with zero attached hydrogens (tertiary/aromatic N) is 3. The molecule has 0 saturated carbocycles. The summed E-state index contributed by atoms with van der Waals surface area (Å²) >= 11 is 0. The molecule has 0 aliphatic rings. The molecule has 2 aromatic rings. The fourth-order valence-corrected chi connectivity index (χ4v) is 2.39. The Morgan fingerprint density at radius 2 is 1.95 bits per heavy atom. The lowest BCUT2D eigenvalue weighted by Gasteiger charge is -2.19. The number of rotatable bonds is 7. The Hall–Kier alpha value is -2.10. The van der Waals surface area contributed by atoms with E-state index in [0.717, 1.165) is 23.9 Å². The van der Waals surface area contributed by atoms with Gasteiger partial charge in [0.25, 0.3) is 0 Å². The number of aromatic nitrogens is 2. The molecule has 1 N–H and O–H groups in total. The van der Waals surface area contributed by atoms with Crippen LogP contribution >= 0.6 is 0 Å². The van der Waals surface area contributed by atoms with Gasteiger partial charge in [-0.25, -0.2) is 9.97 Å². The lowest BCUT2D eigenvalue weighted by molar-refractivity contribution is 0.758. The fraction of sp³-hybridized carbons (Fsp3) is 0.444. The van der Waals surface area contributed by atoms with Crippen LogP contribution in [0.3, 0.4) is 0 Å². The summed E-state index contributed by atoms with van der Waals surface area (Å²) in [7, 11) is 2.07. The zero-order chi connectivity index (χ0) is 15.9. The number of para-hydroxylation sites is 1. The maximum Gasteiger partial charge on any atom is 0.135 e. The van der Waals surface area contributed by atoms with Crippen LogP contribution in [0.25, 0.3) is 0 Å². The molecule has 0 radical (unpaired) electrons. The Balaban J connectivity index is 2.17. The summed E-state index contributed by atoms with van der Waals surface area (Å²) in [6.45, 7) is 7.61. The molecule has 0 atom stereocenters. The maximum absolute atomic E-state index is 4.37. The third-order valence-electron chi connectivity index (χ3n) is 3.74. The van der Waals surface area contributed by atoms with Gasteiger partial charge >= 0.3 is 0 Å². The lowest BCUT2D eigenvalue weighted by Crippen LogP contribution is -2.19. The summed E-state index contributed by atoms with van der Waals surface area (Å²) in [5.41, 5.74) is 2.40. The quantitative estimate of drug-likeness (QED) is 0.812. The van der Waals surface area contributed by atoms with Crippen LogP contribution in [0, 0.1) is 0 Å². The van der Waals surface area contributed by atoms with Gasteiger partial charge in [-0.2, -0.15) is 0 Å². The van der Waals surface area contributed by atoms with Crippen LogP contribution in [0.5, 0.6) is 0 Å². The van der Waals surface area contributed by atoms with Crippen LogP contribution in [0.15, 0.2) is 36.7 Å². The summed E-state index contributed by atoms with van der Waals surface area (Å²) in [6.07, 6.45) is 3.97. The number of hydrogen-bond acceptors (Lipinski definition) is 4. The van der Waals surface area contributed by atoms with E-state index in [0.29, 0.717) is 5.92 Å². The Morgan fingerprint density at radius 1 is 1.18 bits per heavy atom. The van der Waals surface area contributed by atoms with Crippen molar-refractivity contribution in [2.24, 2.45) is 0 Å². The first-order chi connectivity index (χ1) is 10.6. The van der Waals surface area contributed by atoms with Crippen LogP contribution in [-0.2, 0) is 0 Å². The largest absolute Gasteiger partial charge is 0.360 e. The van der Waals surface area contributed by atoms with Gasteiger partial charge < -0.3 is 10.2 Å². The first-order valence-corrected chi connectivity index (χ1v) is 8.01. The topological polar surface area (TPSA) is 41.0 Å². The van der Waals surface area contributed by atoms with E-state index < -0.39 is 0 Å². The molecule has 0 aliphatic carbocycles. The molecule has 0 spiro atoms. The predicted molar refractivity (Wildman–Crippen MR) is 94.0 cm³/mol. The highest BCUT2D eigenvalue weighted by Crippen LogP contribution is 2.26. The van der Waals surface area contributed by atoms with Crippen molar-refractivity contribution in [3.8, 4) is 0 Å². The van der Waals surface area contributed by atoms with E-state index in [-0.39, 0.29) is 0 Å². The summed E-state index contributed by atoms with van der Waals surface area (Å²) in [6, 6.07) is 10.4. The highest BCUT2D eigenvalue weighted by atomic mass is 15.2. The van der Waals surface area contributed by atoms with Gasteiger partial charge in [0.15, 0.2) is 0 Å². The molecule has 22 heavy (non-hydrogen) atoms. The number of anilines is 3. The van der Waals surface area contributed by atoms with E-state index in [1.54, 1.807) is 6.33 Å². The van der Waals surface area contributed by atoms with Gasteiger partial charge in [0.05, 0.1) is 0 Å². The van der Waals surface area contributed by atoms with E-state index in [2.05, 4.69) is 66.2 Å². The first-order valence-electron chi connectivity index (χ1n) is 8.01. The van der Waals surface area contributed by atoms with Gasteiger partial charge in [-0.3, -0.25) is 0 Å². The third-order valence-corrected chi connectivity index (χ3v) is 3.74. The number of nitrogens with one attached hydrogen (secondary N) is 1. The second-order valence-electron chi connectivity index (χ2n) is 5.90. The van der Waals surface area contributed by atoms with Crippen molar-refractivity contribution >= 4 is 17.3 Å². The fourth-order valence-electron chi connectivity index (χ4n) is 2.39. The van der Waals surface area contributed by atoms with Crippen molar-refractivity contribution in [3.63, 3.8) is 0 Å². The highest BCUT2D eigenvalue weighted by Gasteiger charge is 2.08. The van der Waals surface area contributed by atoms with Crippen LogP contribution in [0.4, 0.5) is 17.3 Å². The molecule has 1 aromatic carbocycles. The molecule has 1 aromatic heterocycles. The van der Waals surface area contributed by atoms with Gasteiger partial charge in [0.2, 0.25) is 0 Å². The molecule has 0 fully saturated rings. The minimum Gasteiger partial charge on any atom is -0.360 e. The van der Waals surface area contributed by atoms with Gasteiger partial charge in [0, 0.05) is 25.3 Å². The number of unbranched alkanes of at least 4 members (excludes halogenated alkanes) is 1. The zero-order valence-corrected chi connectivity index (χ0v) is 14.0. The van der Waals surface area contributed by atoms with Crippen LogP contribution in [0.1, 0.15) is 45.1 Å². The zero-order valence-electron chi connectivity index (χ0n) is 14.0. The standard InChI is InChI=1S/C18H26N4/c1-5-6-11-22(4)18-12-17(19-13-20-18)21-16-10-8-7-9-15(16)14(2)3/h7-10,12-14H,5-6,11H2,1-4H3,(H,19,20,21). The van der Waals surface area contributed by atoms with E-state index in [1.165, 1.54) is 18.4 Å². The smallest absolute Gasteiger partial charge is 0.135 e. The average molecular weight is 298 g/mol. The Kier molecular flexibility index (Phi) is 5.75. The van der Waals surface area contributed by atoms with Gasteiger partial charge in [-0.1, -0.05) is 45.4 Å². The molecular formula is C18H26N4. The maximum atomic E-state index is 4.37. The van der Waals surface area contributed by atoms with E-state index >= 15 is 0 Å². The van der Waals surface area contributed by atoms with Crippen LogP contribution in [0.2, 0.25) is 0 Å². The molecule has 1 heterocycles. The molecule has 118 valence electrons. The normalized spacial score (nSPS) is 10.8. The summed E-state index contributed by atoms with van der Waals surface area (Å²) < 4.78 is 0. The van der Waals surface area contributed by atoms with Gasteiger partial charge in [-0.05, 0) is 24.0 Å². The molecule has 0 unspecified atom stereocenters. The molecule has 0 amide bonds. The van der Waals surface area contributed by atoms with Crippen molar-refractivity contribution in [1.29, 1.82) is 0 Å². The van der Waals surface area contributed by atoms with E-state index in [9.17, 15) is 0 Å². The van der Waals surface area contributed by atoms with E-state index in [1.807, 2.05) is 12.1 Å². The Labute approximate surface area is 133 Å². The molecule has 0 saturated heterocycles. The average Bonchev–Trinajstić information content (AvgIpc) is 2.53. The number of hydrogen-bond donors (Lipinski definition) is 1. The van der Waals surface area contributed by atoms with Crippen molar-refractivity contribution in [2.75, 3.05) is 23.8 Å². The predicted octanol–water partition coefficient (Wildman–Crippen LogP) is 4.58. The second kappa shape index (κ2) is 7.78. The van der Waals surface area contributed by atoms with Crippen molar-refractivity contribution in [1.82, 2.24) is 9.97 Å². The summed E-state index contributed by atoms with van der Waals surface area (Å²) in [4.78, 5) is 10.9. The number of benzene rings is 1. The minimum atomic E-state index is 0.470. The minimum absolute atomic E-state index is 0.470. The molecule has 0 aliphatic heterocycles. The monoisotopic (exact) mass is 298 g/mol. The molecule has 0 bridgehead atoms. The summed E-state index contributed by atoms with van der Waals surface area (Å²) in [5.74, 6) is 2.26. The second-order valence-corrected chi connectivity index (χ2v) is 5.90. The van der Waals surface area contributed by atoms with Crippen molar-refractivity contribution in [3.05, 3.63) is 42.2 Å². The molecule has 4 nitrogen and oxygen atoms in total. The van der Waals surface area contributed by atoms with Gasteiger partial charge in [0.1, 0.15) is 18.0 Å². The molecule has 4 heteroatoms. The SMILES string of the molecule is CCCCN(C)c1cc(Nc2ccccc2C(C)C)ncn1. The van der Waals surface area contributed by atoms with Crippen LogP contribution < -0.4 is 10.2 Å². The van der Waals surface area contributed by atoms with Crippen molar-refractivity contribution in [2.45, 2.75) is 39.5 Å². The van der Waals surface area contributed by atoms with Crippen LogP contribution in [-0.4, -0.2) is 23.6 Å². The Morgan fingerprint density at radius 3 is 2.68 bits per heavy atom. The summed E-state index contributed by atoms with van der Waals surface area (Å²) in [5, 5.41) is 3.43. The molecule has 2 rings (SSSR count). The Bertz CT molecular complexity index is 595. The lowest BCUT2D eigenvalue weighted by atomic mass is 10.0. The van der Waals surface area contributed by atoms with E-state index in [4.69, 9.17) is 0 Å². The highest BCUT2D eigenvalue weighted by molar-refractivity contribution is 5.63. The van der Waals surface area contributed by atoms with Gasteiger partial charge in [-0.15, -0.1) is 0 Å². The third kappa shape index (κ3) is 4.20. The first kappa shape index (κ1) is 16.3. The van der Waals surface area contributed by atoms with Crippen molar-refractivity contribution < 1.29 is 0 Å².